The maximum Gasteiger partial charge on any atom is 0.494 e. The van der Waals surface area contributed by atoms with Gasteiger partial charge in [-0.15, -0.1) is 0 Å². The number of hydrogen-bond acceptors (Lipinski definition) is 8. The number of halogens is 1. The normalized spacial score (nSPS) is 25.2. The molecule has 5 aliphatic rings. The van der Waals surface area contributed by atoms with Gasteiger partial charge in [-0.1, -0.05) is 52.3 Å². The fourth-order valence-corrected chi connectivity index (χ4v) is 7.38. The minimum atomic E-state index is -1.01. The summed E-state index contributed by atoms with van der Waals surface area (Å²) in [6, 6.07) is 17.7. The van der Waals surface area contributed by atoms with Crippen LogP contribution in [0.25, 0.3) is 0 Å². The van der Waals surface area contributed by atoms with Gasteiger partial charge in [0.2, 0.25) is 0 Å². The lowest BCUT2D eigenvalue weighted by Gasteiger charge is -2.32. The largest absolute Gasteiger partial charge is 0.494 e. The van der Waals surface area contributed by atoms with Crippen LogP contribution in [-0.4, -0.2) is 126 Å². The molecule has 0 aromatic heterocycles. The van der Waals surface area contributed by atoms with Gasteiger partial charge >= 0.3 is 7.12 Å². The van der Waals surface area contributed by atoms with Crippen molar-refractivity contribution in [1.82, 2.24) is 9.80 Å². The summed E-state index contributed by atoms with van der Waals surface area (Å²) in [5.41, 5.74) is -0.417. The van der Waals surface area contributed by atoms with Crippen LogP contribution >= 0.6 is 15.9 Å². The van der Waals surface area contributed by atoms with E-state index in [9.17, 15) is 0 Å². The van der Waals surface area contributed by atoms with Gasteiger partial charge in [0.1, 0.15) is 0 Å². The highest BCUT2D eigenvalue weighted by Crippen LogP contribution is 2.49. The third-order valence-electron chi connectivity index (χ3n) is 13.4. The predicted molar refractivity (Wildman–Crippen MR) is 246 cm³/mol. The third-order valence-corrected chi connectivity index (χ3v) is 13.9. The average Bonchev–Trinajstić information content (AvgIpc) is 3.86. The van der Waals surface area contributed by atoms with Crippen molar-refractivity contribution < 1.29 is 29.7 Å². The lowest BCUT2D eigenvalue weighted by molar-refractivity contribution is -0.107. The summed E-state index contributed by atoms with van der Waals surface area (Å²) in [5.74, 6) is 3.33. The first-order valence-electron chi connectivity index (χ1n) is 21.6. The summed E-state index contributed by atoms with van der Waals surface area (Å²) in [4.78, 5) is 5.28. The van der Waals surface area contributed by atoms with Gasteiger partial charge in [0, 0.05) is 33.0 Å². The molecule has 0 amide bonds. The minimum absolute atomic E-state index is 0.245. The maximum absolute atomic E-state index is 9.10. The molecule has 2 aliphatic carbocycles. The molecule has 58 heavy (non-hydrogen) atoms. The Morgan fingerprint density at radius 3 is 1.31 bits per heavy atom. The predicted octanol–water partition coefficient (Wildman–Crippen LogP) is 7.13. The standard InChI is InChI=1S/C20H30BNO2.C14H18BrN.2C6H14O2.B2/c1-19(2)20(3,4)24-21(23-19)17-9-7-8-15(12-17)18-13-16(18)14-22-10-5-6-11-22;15-13-5-3-4-11(8-13)14-9-12(14)10-16-6-1-2-7-16;2*1-5(2,7)6(3,4)8;1-2/h7-9,12,16,18H,5-6,10-11,13-14H2,1-4H3;3-5,8,12,14H,1-2,6-7,9-10H2;2*7-8H,1-4H3;. The Morgan fingerprint density at radius 2 is 0.966 bits per heavy atom. The number of likely N-dealkylation sites (tertiary alicyclic amines) is 2. The molecule has 2 aromatic carbocycles. The molecule has 7 rings (SSSR count). The highest BCUT2D eigenvalue weighted by molar-refractivity contribution is 9.10. The summed E-state index contributed by atoms with van der Waals surface area (Å²) in [5, 5.41) is 36.4. The van der Waals surface area contributed by atoms with E-state index in [4.69, 9.17) is 29.7 Å². The van der Waals surface area contributed by atoms with Crippen molar-refractivity contribution in [2.75, 3.05) is 39.3 Å². The molecule has 2 saturated carbocycles. The summed E-state index contributed by atoms with van der Waals surface area (Å²) in [6.45, 7) is 29.0. The van der Waals surface area contributed by atoms with Gasteiger partial charge in [0.25, 0.3) is 0 Å². The van der Waals surface area contributed by atoms with E-state index >= 15 is 0 Å². The maximum atomic E-state index is 9.10. The first-order valence-corrected chi connectivity index (χ1v) is 22.4. The SMILES string of the molecule is Brc1cccc(C2CC2CN2CCCC2)c1.CC(C)(O)C(C)(C)O.CC(C)(O)C(C)(C)O.CC1(C)OB(c2cccc(C3CC3CN3CCCC3)c2)OC1(C)C.[B][B]. The lowest BCUT2D eigenvalue weighted by Crippen LogP contribution is -2.44. The van der Waals surface area contributed by atoms with Crippen LogP contribution in [0.5, 0.6) is 0 Å². The summed E-state index contributed by atoms with van der Waals surface area (Å²) in [7, 11) is 7.76. The van der Waals surface area contributed by atoms with Gasteiger partial charge in [-0.2, -0.15) is 0 Å². The molecular weight excluding hydrogens is 789 g/mol. The average molecular weight is 865 g/mol. The molecule has 0 bridgehead atoms. The topological polar surface area (TPSA) is 106 Å². The van der Waals surface area contributed by atoms with Crippen LogP contribution in [0.1, 0.15) is 145 Å². The Labute approximate surface area is 364 Å². The molecule has 4 atom stereocenters. The van der Waals surface area contributed by atoms with Crippen LogP contribution in [-0.2, 0) is 9.31 Å². The van der Waals surface area contributed by atoms with E-state index < -0.39 is 22.4 Å². The zero-order valence-corrected chi connectivity index (χ0v) is 39.6. The van der Waals surface area contributed by atoms with Crippen LogP contribution in [0.3, 0.4) is 0 Å². The second-order valence-electron chi connectivity index (χ2n) is 20.3. The fraction of sp³-hybridized carbons (Fsp3) is 0.739. The summed E-state index contributed by atoms with van der Waals surface area (Å²) < 4.78 is 13.6. The van der Waals surface area contributed by atoms with Gasteiger partial charge in [0.15, 0.2) is 0 Å². The highest BCUT2D eigenvalue weighted by atomic mass is 79.9. The van der Waals surface area contributed by atoms with Gasteiger partial charge in [-0.05, 0) is 200 Å². The Bertz CT molecular complexity index is 1480. The molecule has 12 heteroatoms. The summed E-state index contributed by atoms with van der Waals surface area (Å²) >= 11 is 3.56. The molecule has 3 heterocycles. The van der Waals surface area contributed by atoms with Gasteiger partial charge in [-0.3, -0.25) is 0 Å². The van der Waals surface area contributed by atoms with Crippen molar-refractivity contribution in [2.45, 2.75) is 167 Å². The highest BCUT2D eigenvalue weighted by Gasteiger charge is 2.52. The van der Waals surface area contributed by atoms with Crippen molar-refractivity contribution in [3.63, 3.8) is 0 Å². The molecule has 322 valence electrons. The minimum Gasteiger partial charge on any atom is -0.399 e. The van der Waals surface area contributed by atoms with Crippen molar-refractivity contribution in [3.05, 3.63) is 64.1 Å². The number of rotatable bonds is 9. The van der Waals surface area contributed by atoms with Gasteiger partial charge in [-0.25, -0.2) is 0 Å². The van der Waals surface area contributed by atoms with Crippen LogP contribution in [0.2, 0.25) is 0 Å². The quantitative estimate of drug-likeness (QED) is 0.198. The molecule has 2 aromatic rings. The van der Waals surface area contributed by atoms with Gasteiger partial charge < -0.3 is 39.5 Å². The molecule has 0 spiro atoms. The second kappa shape index (κ2) is 20.8. The number of benzene rings is 2. The van der Waals surface area contributed by atoms with Gasteiger partial charge in [0.05, 0.1) is 33.6 Å². The molecule has 8 nitrogen and oxygen atoms in total. The van der Waals surface area contributed by atoms with E-state index in [2.05, 4.69) is 117 Å². The molecular formula is C46H76B3BrN2O6. The van der Waals surface area contributed by atoms with E-state index in [0.717, 1.165) is 29.1 Å². The Kier molecular flexibility index (Phi) is 18.3. The van der Waals surface area contributed by atoms with Crippen LogP contribution in [0, 0.1) is 11.8 Å². The van der Waals surface area contributed by atoms with E-state index in [-0.39, 0.29) is 18.3 Å². The van der Waals surface area contributed by atoms with Crippen LogP contribution < -0.4 is 5.46 Å². The van der Waals surface area contributed by atoms with E-state index in [1.165, 1.54) is 93.4 Å². The molecule has 5 fully saturated rings. The number of nitrogens with zero attached hydrogens (tertiary/aromatic N) is 2. The van der Waals surface area contributed by atoms with Crippen molar-refractivity contribution in [2.24, 2.45) is 11.8 Å². The second-order valence-corrected chi connectivity index (χ2v) is 21.2. The molecule has 4 unspecified atom stereocenters. The van der Waals surface area contributed by atoms with Crippen molar-refractivity contribution in [1.29, 1.82) is 0 Å². The molecule has 4 N–H and O–H groups in total. The van der Waals surface area contributed by atoms with E-state index in [1.54, 1.807) is 55.4 Å². The summed E-state index contributed by atoms with van der Waals surface area (Å²) in [6.07, 6.45) is 8.32. The van der Waals surface area contributed by atoms with Crippen LogP contribution in [0.15, 0.2) is 53.0 Å². The zero-order chi connectivity index (χ0) is 43.9. The van der Waals surface area contributed by atoms with Crippen LogP contribution in [0.4, 0.5) is 0 Å². The first kappa shape index (κ1) is 51.1. The van der Waals surface area contributed by atoms with E-state index in [1.807, 2.05) is 0 Å². The first-order chi connectivity index (χ1) is 26.7. The Morgan fingerprint density at radius 1 is 0.621 bits per heavy atom. The smallest absolute Gasteiger partial charge is 0.399 e. The Balaban J connectivity index is 0.000000228. The van der Waals surface area contributed by atoms with E-state index in [0.29, 0.717) is 0 Å². The Hall–Kier alpha value is -1.21. The monoisotopic (exact) mass is 865 g/mol. The number of aliphatic hydroxyl groups is 4. The van der Waals surface area contributed by atoms with Crippen molar-refractivity contribution >= 4 is 44.0 Å². The lowest BCUT2D eigenvalue weighted by atomic mass is 9.78. The zero-order valence-electron chi connectivity index (χ0n) is 38.0. The molecule has 4 radical (unpaired) electrons. The molecule has 3 saturated heterocycles. The molecule has 3 aliphatic heterocycles. The number of hydrogen-bond donors (Lipinski definition) is 4. The fourth-order valence-electron chi connectivity index (χ4n) is 6.96. The van der Waals surface area contributed by atoms with Crippen molar-refractivity contribution in [3.8, 4) is 0 Å². The third kappa shape index (κ3) is 15.3.